The standard InChI is InChI=1S/C29H39N3O5/c1-5-15-30(16-6-2)26(34)23-22-13-14-29(37-22)24(23)27(35)32(20(4)19-33)25(29)28(36)31(17-7-3)18-21-11-9-8-10-12-21/h5,7-12,20,22-25,33H,1,3,6,13-19H2,2,4H3/t20-,22+,23-,24+,25?,29?/m1/s1. The maximum absolute atomic E-state index is 14.3. The molecule has 200 valence electrons. The van der Waals surface area contributed by atoms with Crippen LogP contribution in [0.2, 0.25) is 0 Å². The molecule has 1 N–H and O–H groups in total. The lowest BCUT2D eigenvalue weighted by atomic mass is 9.70. The summed E-state index contributed by atoms with van der Waals surface area (Å²) in [5.41, 5.74) is -0.132. The third-order valence-electron chi connectivity index (χ3n) is 8.03. The van der Waals surface area contributed by atoms with Crippen molar-refractivity contribution in [3.63, 3.8) is 0 Å². The molecule has 0 saturated carbocycles. The summed E-state index contributed by atoms with van der Waals surface area (Å²) in [6.07, 6.45) is 4.87. The lowest BCUT2D eigenvalue weighted by molar-refractivity contribution is -0.151. The summed E-state index contributed by atoms with van der Waals surface area (Å²) < 4.78 is 6.54. The van der Waals surface area contributed by atoms with Crippen LogP contribution in [0.15, 0.2) is 55.6 Å². The number of ether oxygens (including phenoxy) is 1. The van der Waals surface area contributed by atoms with Crippen molar-refractivity contribution in [2.75, 3.05) is 26.2 Å². The fourth-order valence-corrected chi connectivity index (χ4v) is 6.51. The molecule has 3 amide bonds. The Labute approximate surface area is 219 Å². The molecule has 3 saturated heterocycles. The Balaban J connectivity index is 1.73. The molecule has 3 aliphatic rings. The maximum Gasteiger partial charge on any atom is 0.249 e. The number of hydrogen-bond donors (Lipinski definition) is 1. The van der Waals surface area contributed by atoms with Crippen molar-refractivity contribution in [1.29, 1.82) is 0 Å². The van der Waals surface area contributed by atoms with Gasteiger partial charge in [-0.25, -0.2) is 0 Å². The van der Waals surface area contributed by atoms with Crippen molar-refractivity contribution < 1.29 is 24.2 Å². The topological polar surface area (TPSA) is 90.4 Å². The van der Waals surface area contributed by atoms with Crippen LogP contribution in [-0.4, -0.2) is 87.6 Å². The van der Waals surface area contributed by atoms with Gasteiger partial charge in [-0.2, -0.15) is 0 Å². The Morgan fingerprint density at radius 1 is 1.19 bits per heavy atom. The van der Waals surface area contributed by atoms with Gasteiger partial charge in [0.2, 0.25) is 17.7 Å². The van der Waals surface area contributed by atoms with Gasteiger partial charge in [0.15, 0.2) is 0 Å². The molecule has 3 heterocycles. The number of amides is 3. The van der Waals surface area contributed by atoms with Crippen LogP contribution in [0.25, 0.3) is 0 Å². The predicted molar refractivity (Wildman–Crippen MR) is 140 cm³/mol. The number of aliphatic hydroxyl groups is 1. The normalized spacial score (nSPS) is 28.6. The van der Waals surface area contributed by atoms with Gasteiger partial charge in [-0.15, -0.1) is 13.2 Å². The first-order chi connectivity index (χ1) is 17.8. The average Bonchev–Trinajstić information content (AvgIpc) is 3.55. The van der Waals surface area contributed by atoms with Gasteiger partial charge < -0.3 is 24.5 Å². The molecule has 4 rings (SSSR count). The third-order valence-corrected chi connectivity index (χ3v) is 8.03. The predicted octanol–water partition coefficient (Wildman–Crippen LogP) is 2.38. The van der Waals surface area contributed by atoms with E-state index in [0.29, 0.717) is 39.0 Å². The molecule has 8 nitrogen and oxygen atoms in total. The van der Waals surface area contributed by atoms with Gasteiger partial charge in [-0.3, -0.25) is 14.4 Å². The molecule has 37 heavy (non-hydrogen) atoms. The molecular weight excluding hydrogens is 470 g/mol. The van der Waals surface area contributed by atoms with Crippen molar-refractivity contribution in [3.8, 4) is 0 Å². The number of rotatable bonds is 12. The molecular formula is C29H39N3O5. The van der Waals surface area contributed by atoms with Crippen LogP contribution in [0.5, 0.6) is 0 Å². The quantitative estimate of drug-likeness (QED) is 0.437. The van der Waals surface area contributed by atoms with E-state index < -0.39 is 35.6 Å². The van der Waals surface area contributed by atoms with Crippen molar-refractivity contribution in [1.82, 2.24) is 14.7 Å². The van der Waals surface area contributed by atoms with Crippen LogP contribution in [0.4, 0.5) is 0 Å². The average molecular weight is 510 g/mol. The number of carbonyl (C=O) groups excluding carboxylic acids is 3. The summed E-state index contributed by atoms with van der Waals surface area (Å²) in [4.78, 5) is 47.0. The van der Waals surface area contributed by atoms with E-state index in [1.54, 1.807) is 28.9 Å². The van der Waals surface area contributed by atoms with Crippen molar-refractivity contribution in [2.24, 2.45) is 11.8 Å². The van der Waals surface area contributed by atoms with Gasteiger partial charge in [0.1, 0.15) is 11.6 Å². The number of benzene rings is 1. The van der Waals surface area contributed by atoms with E-state index in [1.165, 1.54) is 4.90 Å². The summed E-state index contributed by atoms with van der Waals surface area (Å²) in [5, 5.41) is 10.1. The Hall–Kier alpha value is -2.97. The number of aliphatic hydroxyl groups excluding tert-OH is 1. The molecule has 3 aliphatic heterocycles. The zero-order chi connectivity index (χ0) is 26.7. The summed E-state index contributed by atoms with van der Waals surface area (Å²) in [7, 11) is 0. The molecule has 0 aliphatic carbocycles. The van der Waals surface area contributed by atoms with Gasteiger partial charge in [0.05, 0.1) is 30.6 Å². The smallest absolute Gasteiger partial charge is 0.249 e. The maximum atomic E-state index is 14.3. The Bertz CT molecular complexity index is 1030. The van der Waals surface area contributed by atoms with E-state index in [-0.39, 0.29) is 24.3 Å². The summed E-state index contributed by atoms with van der Waals surface area (Å²) >= 11 is 0. The fourth-order valence-electron chi connectivity index (χ4n) is 6.51. The molecule has 8 heteroatoms. The summed E-state index contributed by atoms with van der Waals surface area (Å²) in [5.74, 6) is -2.06. The van der Waals surface area contributed by atoms with Gasteiger partial charge in [-0.05, 0) is 31.7 Å². The van der Waals surface area contributed by atoms with Crippen LogP contribution < -0.4 is 0 Å². The van der Waals surface area contributed by atoms with Gasteiger partial charge in [0.25, 0.3) is 0 Å². The second kappa shape index (κ2) is 11.2. The van der Waals surface area contributed by atoms with Crippen molar-refractivity contribution >= 4 is 17.7 Å². The monoisotopic (exact) mass is 509 g/mol. The van der Waals surface area contributed by atoms with Crippen molar-refractivity contribution in [3.05, 3.63) is 61.2 Å². The molecule has 3 fully saturated rings. The van der Waals surface area contributed by atoms with Crippen LogP contribution in [0.3, 0.4) is 0 Å². The Morgan fingerprint density at radius 3 is 2.49 bits per heavy atom. The molecule has 1 aromatic carbocycles. The lowest BCUT2D eigenvalue weighted by Crippen LogP contribution is -2.58. The van der Waals surface area contributed by atoms with E-state index in [2.05, 4.69) is 13.2 Å². The highest BCUT2D eigenvalue weighted by Gasteiger charge is 2.75. The zero-order valence-electron chi connectivity index (χ0n) is 21.9. The van der Waals surface area contributed by atoms with Crippen LogP contribution in [0, 0.1) is 11.8 Å². The Kier molecular flexibility index (Phi) is 8.19. The third kappa shape index (κ3) is 4.61. The first-order valence-electron chi connectivity index (χ1n) is 13.3. The van der Waals surface area contributed by atoms with E-state index in [4.69, 9.17) is 4.74 Å². The van der Waals surface area contributed by atoms with Crippen LogP contribution in [0.1, 0.15) is 38.7 Å². The number of fused-ring (bicyclic) bond motifs is 1. The zero-order valence-corrected chi connectivity index (χ0v) is 21.9. The minimum atomic E-state index is -1.09. The SMILES string of the molecule is C=CCN(Cc1ccccc1)C(=O)C1N([C@H](C)CO)C(=O)[C@@H]2[C@H](C(=O)N(CC=C)CCC)[C@@H]3CCC12O3. The van der Waals surface area contributed by atoms with Gasteiger partial charge in [-0.1, -0.05) is 49.4 Å². The van der Waals surface area contributed by atoms with E-state index in [0.717, 1.165) is 12.0 Å². The van der Waals surface area contributed by atoms with Gasteiger partial charge >= 0.3 is 0 Å². The van der Waals surface area contributed by atoms with E-state index in [9.17, 15) is 19.5 Å². The highest BCUT2D eigenvalue weighted by Crippen LogP contribution is 2.59. The van der Waals surface area contributed by atoms with Gasteiger partial charge in [0, 0.05) is 26.2 Å². The molecule has 2 bridgehead atoms. The molecule has 1 spiro atoms. The summed E-state index contributed by atoms with van der Waals surface area (Å²) in [6.45, 7) is 12.7. The van der Waals surface area contributed by atoms with Crippen LogP contribution >= 0.6 is 0 Å². The first-order valence-corrected chi connectivity index (χ1v) is 13.3. The number of nitrogens with zero attached hydrogens (tertiary/aromatic N) is 3. The molecule has 1 aromatic rings. The highest BCUT2D eigenvalue weighted by molar-refractivity contribution is 5.99. The fraction of sp³-hybridized carbons (Fsp3) is 0.552. The molecule has 6 atom stereocenters. The largest absolute Gasteiger partial charge is 0.394 e. The molecule has 0 radical (unpaired) electrons. The number of hydrogen-bond acceptors (Lipinski definition) is 5. The minimum Gasteiger partial charge on any atom is -0.394 e. The second-order valence-corrected chi connectivity index (χ2v) is 10.4. The van der Waals surface area contributed by atoms with E-state index in [1.807, 2.05) is 37.3 Å². The highest BCUT2D eigenvalue weighted by atomic mass is 16.5. The molecule has 2 unspecified atom stereocenters. The summed E-state index contributed by atoms with van der Waals surface area (Å²) in [6, 6.07) is 8.15. The second-order valence-electron chi connectivity index (χ2n) is 10.4. The first kappa shape index (κ1) is 27.1. The molecule has 0 aromatic heterocycles. The lowest BCUT2D eigenvalue weighted by Gasteiger charge is -2.38. The van der Waals surface area contributed by atoms with E-state index >= 15 is 0 Å². The number of carbonyl (C=O) groups is 3. The van der Waals surface area contributed by atoms with Crippen LogP contribution in [-0.2, 0) is 25.7 Å². The minimum absolute atomic E-state index is 0.122. The van der Waals surface area contributed by atoms with Crippen molar-refractivity contribution in [2.45, 2.75) is 63.4 Å². The Morgan fingerprint density at radius 2 is 1.86 bits per heavy atom. The number of likely N-dealkylation sites (tertiary alicyclic amines) is 1.